The Morgan fingerprint density at radius 3 is 2.58 bits per heavy atom. The van der Waals surface area contributed by atoms with Crippen molar-refractivity contribution in [3.63, 3.8) is 0 Å². The summed E-state index contributed by atoms with van der Waals surface area (Å²) in [7, 11) is 0. The van der Waals surface area contributed by atoms with Gasteiger partial charge in [-0.15, -0.1) is 0 Å². The maximum absolute atomic E-state index is 12.2. The molecule has 1 atom stereocenters. The number of benzene rings is 2. The molecule has 1 unspecified atom stereocenters. The summed E-state index contributed by atoms with van der Waals surface area (Å²) in [4.78, 5) is 37.4. The van der Waals surface area contributed by atoms with E-state index in [1.54, 1.807) is 51.5 Å². The average molecular weight is 488 g/mol. The Kier molecular flexibility index (Phi) is 7.14. The van der Waals surface area contributed by atoms with Crippen LogP contribution in [0.2, 0.25) is 0 Å². The number of fused-ring (bicyclic) bond motifs is 1. The van der Waals surface area contributed by atoms with Crippen LogP contribution in [0.5, 0.6) is 0 Å². The fraction of sp³-hybridized carbons (Fsp3) is 0.269. The molecule has 3 N–H and O–H groups in total. The molecule has 0 saturated carbocycles. The molecule has 2 aromatic heterocycles. The molecule has 0 aliphatic heterocycles. The fourth-order valence-electron chi connectivity index (χ4n) is 3.52. The molecule has 186 valence electrons. The first-order valence-corrected chi connectivity index (χ1v) is 11.6. The van der Waals surface area contributed by atoms with Gasteiger partial charge >= 0.3 is 6.09 Å². The molecule has 2 heterocycles. The van der Waals surface area contributed by atoms with Gasteiger partial charge in [-0.25, -0.2) is 14.8 Å². The summed E-state index contributed by atoms with van der Waals surface area (Å²) >= 11 is 0. The molecule has 2 aromatic carbocycles. The molecule has 2 amide bonds. The molecule has 0 aliphatic rings. The highest BCUT2D eigenvalue weighted by molar-refractivity contribution is 5.95. The van der Waals surface area contributed by atoms with E-state index in [1.807, 2.05) is 28.8 Å². The number of anilines is 2. The normalized spacial score (nSPS) is 12.1. The zero-order valence-corrected chi connectivity index (χ0v) is 20.6. The van der Waals surface area contributed by atoms with E-state index in [0.717, 1.165) is 11.1 Å². The minimum Gasteiger partial charge on any atom is -0.444 e. The predicted octanol–water partition coefficient (Wildman–Crippen LogP) is 4.45. The molecule has 4 rings (SSSR count). The first kappa shape index (κ1) is 24.6. The summed E-state index contributed by atoms with van der Waals surface area (Å²) in [5, 5.41) is 8.52. The lowest BCUT2D eigenvalue weighted by Crippen LogP contribution is -2.37. The van der Waals surface area contributed by atoms with E-state index in [9.17, 15) is 9.59 Å². The van der Waals surface area contributed by atoms with Crippen LogP contribution in [0.15, 0.2) is 67.1 Å². The van der Waals surface area contributed by atoms with Gasteiger partial charge in [-0.2, -0.15) is 4.98 Å². The topological polar surface area (TPSA) is 123 Å². The second-order valence-corrected chi connectivity index (χ2v) is 9.24. The van der Waals surface area contributed by atoms with Crippen LogP contribution < -0.4 is 16.0 Å². The lowest BCUT2D eigenvalue weighted by molar-refractivity contribution is -0.115. The van der Waals surface area contributed by atoms with Gasteiger partial charge in [0.25, 0.3) is 0 Å². The SMILES string of the molecule is CC(Nc1nccc(-n2cnc3cc(NC(=O)CNC(=O)OC(C)(C)C)ccc32)n1)c1ccccc1. The average Bonchev–Trinajstić information content (AvgIpc) is 3.26. The molecule has 10 heteroatoms. The third-order valence-electron chi connectivity index (χ3n) is 5.16. The molecule has 0 bridgehead atoms. The van der Waals surface area contributed by atoms with Gasteiger partial charge in [0, 0.05) is 11.9 Å². The van der Waals surface area contributed by atoms with Crippen molar-refractivity contribution in [3.8, 4) is 5.82 Å². The Morgan fingerprint density at radius 1 is 1.06 bits per heavy atom. The monoisotopic (exact) mass is 487 g/mol. The predicted molar refractivity (Wildman–Crippen MR) is 138 cm³/mol. The highest BCUT2D eigenvalue weighted by Gasteiger charge is 2.17. The van der Waals surface area contributed by atoms with Crippen LogP contribution in [-0.2, 0) is 9.53 Å². The number of nitrogens with zero attached hydrogens (tertiary/aromatic N) is 4. The summed E-state index contributed by atoms with van der Waals surface area (Å²) in [6.07, 6.45) is 2.72. The summed E-state index contributed by atoms with van der Waals surface area (Å²) in [5.41, 5.74) is 2.56. The zero-order chi connectivity index (χ0) is 25.7. The first-order chi connectivity index (χ1) is 17.2. The van der Waals surface area contributed by atoms with Crippen LogP contribution in [-0.4, -0.2) is 43.7 Å². The standard InChI is InChI=1S/C26H29N7O3/c1-17(18-8-6-5-7-9-18)30-24-27-13-12-22(32-24)33-16-29-20-14-19(10-11-21(20)33)31-23(34)15-28-25(35)36-26(2,3)4/h5-14,16-17H,15H2,1-4H3,(H,28,35)(H,31,34)(H,27,30,32). The Morgan fingerprint density at radius 2 is 1.83 bits per heavy atom. The van der Waals surface area contributed by atoms with Gasteiger partial charge in [-0.3, -0.25) is 9.36 Å². The number of carbonyl (C=O) groups is 2. The van der Waals surface area contributed by atoms with Gasteiger partial charge in [-0.1, -0.05) is 30.3 Å². The number of carbonyl (C=O) groups excluding carboxylic acids is 2. The van der Waals surface area contributed by atoms with Crippen LogP contribution >= 0.6 is 0 Å². The maximum Gasteiger partial charge on any atom is 0.408 e. The lowest BCUT2D eigenvalue weighted by atomic mass is 10.1. The summed E-state index contributed by atoms with van der Waals surface area (Å²) < 4.78 is 6.99. The van der Waals surface area contributed by atoms with Gasteiger partial charge in [0.15, 0.2) is 0 Å². The Labute approximate surface area is 209 Å². The maximum atomic E-state index is 12.2. The number of nitrogens with one attached hydrogen (secondary N) is 3. The number of rotatable bonds is 7. The number of ether oxygens (including phenoxy) is 1. The van der Waals surface area contributed by atoms with Gasteiger partial charge in [0.2, 0.25) is 11.9 Å². The highest BCUT2D eigenvalue weighted by atomic mass is 16.6. The smallest absolute Gasteiger partial charge is 0.408 e. The second-order valence-electron chi connectivity index (χ2n) is 9.24. The van der Waals surface area contributed by atoms with Gasteiger partial charge in [0.05, 0.1) is 17.1 Å². The molecule has 0 fully saturated rings. The van der Waals surface area contributed by atoms with Gasteiger partial charge in [-0.05, 0) is 57.5 Å². The van der Waals surface area contributed by atoms with Gasteiger partial charge < -0.3 is 20.7 Å². The van der Waals surface area contributed by atoms with Crippen LogP contribution in [0.25, 0.3) is 16.9 Å². The zero-order valence-electron chi connectivity index (χ0n) is 20.6. The summed E-state index contributed by atoms with van der Waals surface area (Å²) in [6, 6.07) is 17.3. The van der Waals surface area contributed by atoms with Crippen molar-refractivity contribution >= 4 is 34.7 Å². The number of hydrogen-bond acceptors (Lipinski definition) is 7. The Balaban J connectivity index is 1.43. The van der Waals surface area contributed by atoms with Gasteiger partial charge in [0.1, 0.15) is 24.3 Å². The van der Waals surface area contributed by atoms with Crippen molar-refractivity contribution < 1.29 is 14.3 Å². The lowest BCUT2D eigenvalue weighted by Gasteiger charge is -2.19. The molecule has 0 aliphatic carbocycles. The largest absolute Gasteiger partial charge is 0.444 e. The summed E-state index contributed by atoms with van der Waals surface area (Å²) in [6.45, 7) is 7.11. The van der Waals surface area contributed by atoms with Crippen molar-refractivity contribution in [2.45, 2.75) is 39.3 Å². The number of amides is 2. The molecule has 0 spiro atoms. The second kappa shape index (κ2) is 10.4. The minimum atomic E-state index is -0.649. The third-order valence-corrected chi connectivity index (χ3v) is 5.16. The number of aromatic nitrogens is 4. The van der Waals surface area contributed by atoms with Crippen molar-refractivity contribution in [2.75, 3.05) is 17.2 Å². The van der Waals surface area contributed by atoms with E-state index < -0.39 is 11.7 Å². The Bertz CT molecular complexity index is 1360. The Hall–Kier alpha value is -4.47. The fourth-order valence-corrected chi connectivity index (χ4v) is 3.52. The molecule has 36 heavy (non-hydrogen) atoms. The third kappa shape index (κ3) is 6.35. The highest BCUT2D eigenvalue weighted by Crippen LogP contribution is 2.22. The molecule has 0 radical (unpaired) electrons. The van der Waals surface area contributed by atoms with Crippen LogP contribution in [0, 0.1) is 0 Å². The van der Waals surface area contributed by atoms with E-state index in [-0.39, 0.29) is 18.5 Å². The molecule has 4 aromatic rings. The molecular weight excluding hydrogens is 458 g/mol. The number of alkyl carbamates (subject to hydrolysis) is 1. The van der Waals surface area contributed by atoms with Crippen LogP contribution in [0.1, 0.15) is 39.3 Å². The van der Waals surface area contributed by atoms with Crippen LogP contribution in [0.4, 0.5) is 16.4 Å². The van der Waals surface area contributed by atoms with E-state index in [1.165, 1.54) is 0 Å². The molecular formula is C26H29N7O3. The first-order valence-electron chi connectivity index (χ1n) is 11.6. The molecule has 0 saturated heterocycles. The number of imidazole rings is 1. The van der Waals surface area contributed by atoms with Crippen molar-refractivity contribution in [1.29, 1.82) is 0 Å². The molecule has 10 nitrogen and oxygen atoms in total. The van der Waals surface area contributed by atoms with Crippen molar-refractivity contribution in [1.82, 2.24) is 24.8 Å². The minimum absolute atomic E-state index is 0.0389. The van der Waals surface area contributed by atoms with Crippen molar-refractivity contribution in [2.24, 2.45) is 0 Å². The van der Waals surface area contributed by atoms with Crippen LogP contribution in [0.3, 0.4) is 0 Å². The van der Waals surface area contributed by atoms with E-state index >= 15 is 0 Å². The summed E-state index contributed by atoms with van der Waals surface area (Å²) in [5.74, 6) is 0.791. The van der Waals surface area contributed by atoms with E-state index in [2.05, 4.69) is 50.0 Å². The van der Waals surface area contributed by atoms with E-state index in [4.69, 9.17) is 4.74 Å². The van der Waals surface area contributed by atoms with Crippen molar-refractivity contribution in [3.05, 3.63) is 72.7 Å². The quantitative estimate of drug-likeness (QED) is 0.352. The number of hydrogen-bond donors (Lipinski definition) is 3. The van der Waals surface area contributed by atoms with E-state index in [0.29, 0.717) is 23.0 Å².